The van der Waals surface area contributed by atoms with Gasteiger partial charge in [-0.05, 0) is 36.5 Å². The van der Waals surface area contributed by atoms with Gasteiger partial charge in [0.1, 0.15) is 0 Å². The minimum absolute atomic E-state index is 0.192. The molecule has 3 unspecified atom stereocenters. The van der Waals surface area contributed by atoms with Gasteiger partial charge in [-0.25, -0.2) is 4.39 Å². The summed E-state index contributed by atoms with van der Waals surface area (Å²) in [6.45, 7) is 2.59. The SMILES string of the molecule is COc1ccc(C(O)C2(CN)CCC(C)C2)cc1F. The molecule has 0 spiro atoms. The second-order valence-corrected chi connectivity index (χ2v) is 5.71. The smallest absolute Gasteiger partial charge is 0.165 e. The Hall–Kier alpha value is -1.13. The number of nitrogens with two attached hydrogens (primary N) is 1. The number of hydrogen-bond donors (Lipinski definition) is 2. The van der Waals surface area contributed by atoms with Crippen molar-refractivity contribution in [3.05, 3.63) is 29.6 Å². The van der Waals surface area contributed by atoms with Crippen LogP contribution in [0.25, 0.3) is 0 Å². The predicted molar refractivity (Wildman–Crippen MR) is 72.4 cm³/mol. The fourth-order valence-corrected chi connectivity index (χ4v) is 3.18. The molecule has 0 bridgehead atoms. The van der Waals surface area contributed by atoms with Crippen LogP contribution < -0.4 is 10.5 Å². The third-order valence-electron chi connectivity index (χ3n) is 4.37. The summed E-state index contributed by atoms with van der Waals surface area (Å²) >= 11 is 0. The van der Waals surface area contributed by atoms with Crippen molar-refractivity contribution in [2.24, 2.45) is 17.1 Å². The first-order valence-electron chi connectivity index (χ1n) is 6.74. The zero-order valence-electron chi connectivity index (χ0n) is 11.5. The Bertz CT molecular complexity index is 452. The Morgan fingerprint density at radius 1 is 1.58 bits per heavy atom. The van der Waals surface area contributed by atoms with Gasteiger partial charge in [0.05, 0.1) is 13.2 Å². The summed E-state index contributed by atoms with van der Waals surface area (Å²) in [5.41, 5.74) is 6.15. The Labute approximate surface area is 113 Å². The van der Waals surface area contributed by atoms with Crippen LogP contribution in [0.4, 0.5) is 4.39 Å². The number of ether oxygens (including phenoxy) is 1. The van der Waals surface area contributed by atoms with E-state index < -0.39 is 11.9 Å². The molecular weight excluding hydrogens is 245 g/mol. The van der Waals surface area contributed by atoms with Gasteiger partial charge in [0.15, 0.2) is 11.6 Å². The van der Waals surface area contributed by atoms with Crippen molar-refractivity contribution < 1.29 is 14.2 Å². The van der Waals surface area contributed by atoms with Crippen LogP contribution in [0, 0.1) is 17.2 Å². The third kappa shape index (κ3) is 2.60. The van der Waals surface area contributed by atoms with E-state index in [9.17, 15) is 9.50 Å². The molecule has 1 aliphatic rings. The summed E-state index contributed by atoms with van der Waals surface area (Å²) in [7, 11) is 1.43. The highest BCUT2D eigenvalue weighted by Gasteiger charge is 2.43. The van der Waals surface area contributed by atoms with Crippen molar-refractivity contribution in [3.63, 3.8) is 0 Å². The molecule has 3 N–H and O–H groups in total. The number of methoxy groups -OCH3 is 1. The summed E-state index contributed by atoms with van der Waals surface area (Å²) in [6.07, 6.45) is 2.12. The highest BCUT2D eigenvalue weighted by Crippen LogP contribution is 2.49. The molecule has 1 aromatic carbocycles. The third-order valence-corrected chi connectivity index (χ3v) is 4.37. The Kier molecular flexibility index (Phi) is 4.11. The van der Waals surface area contributed by atoms with Crippen molar-refractivity contribution in [2.45, 2.75) is 32.3 Å². The van der Waals surface area contributed by atoms with Crippen LogP contribution in [0.2, 0.25) is 0 Å². The Morgan fingerprint density at radius 2 is 2.32 bits per heavy atom. The van der Waals surface area contributed by atoms with Gasteiger partial charge in [-0.15, -0.1) is 0 Å². The van der Waals surface area contributed by atoms with Gasteiger partial charge in [-0.1, -0.05) is 19.4 Å². The minimum atomic E-state index is -0.720. The first-order valence-corrected chi connectivity index (χ1v) is 6.74. The molecule has 4 heteroatoms. The largest absolute Gasteiger partial charge is 0.494 e. The highest BCUT2D eigenvalue weighted by molar-refractivity contribution is 5.31. The fraction of sp³-hybridized carbons (Fsp3) is 0.600. The first-order chi connectivity index (χ1) is 9.02. The van der Waals surface area contributed by atoms with E-state index in [1.807, 2.05) is 0 Å². The van der Waals surface area contributed by atoms with Crippen LogP contribution in [-0.4, -0.2) is 18.8 Å². The monoisotopic (exact) mass is 267 g/mol. The molecule has 1 aliphatic carbocycles. The van der Waals surface area contributed by atoms with E-state index in [4.69, 9.17) is 10.5 Å². The van der Waals surface area contributed by atoms with Gasteiger partial charge in [-0.3, -0.25) is 0 Å². The molecule has 0 aliphatic heterocycles. The van der Waals surface area contributed by atoms with E-state index >= 15 is 0 Å². The number of halogens is 1. The van der Waals surface area contributed by atoms with E-state index in [2.05, 4.69) is 6.92 Å². The molecule has 0 aromatic heterocycles. The van der Waals surface area contributed by atoms with Crippen LogP contribution in [-0.2, 0) is 0 Å². The van der Waals surface area contributed by atoms with Gasteiger partial charge in [0.25, 0.3) is 0 Å². The molecule has 1 aromatic rings. The van der Waals surface area contributed by atoms with Gasteiger partial charge in [0.2, 0.25) is 0 Å². The highest BCUT2D eigenvalue weighted by atomic mass is 19.1. The maximum atomic E-state index is 13.7. The van der Waals surface area contributed by atoms with E-state index in [1.165, 1.54) is 13.2 Å². The zero-order valence-corrected chi connectivity index (χ0v) is 11.5. The van der Waals surface area contributed by atoms with Gasteiger partial charge in [0, 0.05) is 12.0 Å². The number of aliphatic hydroxyl groups excluding tert-OH is 1. The van der Waals surface area contributed by atoms with Crippen LogP contribution in [0.5, 0.6) is 5.75 Å². The lowest BCUT2D eigenvalue weighted by Gasteiger charge is -2.33. The number of aliphatic hydroxyl groups is 1. The quantitative estimate of drug-likeness (QED) is 0.881. The Balaban J connectivity index is 2.27. The second-order valence-electron chi connectivity index (χ2n) is 5.71. The molecule has 1 fully saturated rings. The average molecular weight is 267 g/mol. The first kappa shape index (κ1) is 14.3. The van der Waals surface area contributed by atoms with Crippen molar-refractivity contribution in [1.29, 1.82) is 0 Å². The molecule has 3 nitrogen and oxygen atoms in total. The van der Waals surface area contributed by atoms with Crippen LogP contribution in [0.15, 0.2) is 18.2 Å². The lowest BCUT2D eigenvalue weighted by Crippen LogP contribution is -2.34. The normalized spacial score (nSPS) is 28.4. The lowest BCUT2D eigenvalue weighted by molar-refractivity contribution is 0.0305. The zero-order chi connectivity index (χ0) is 14.0. The second kappa shape index (κ2) is 5.47. The molecule has 2 rings (SSSR count). The van der Waals surface area contributed by atoms with Crippen LogP contribution in [0.3, 0.4) is 0 Å². The summed E-state index contributed by atoms with van der Waals surface area (Å²) in [6, 6.07) is 4.62. The number of rotatable bonds is 4. The molecule has 0 amide bonds. The summed E-state index contributed by atoms with van der Waals surface area (Å²) < 4.78 is 18.6. The van der Waals surface area contributed by atoms with Crippen molar-refractivity contribution in [3.8, 4) is 5.75 Å². The maximum Gasteiger partial charge on any atom is 0.165 e. The van der Waals surface area contributed by atoms with Crippen molar-refractivity contribution >= 4 is 0 Å². The van der Waals surface area contributed by atoms with Gasteiger partial charge >= 0.3 is 0 Å². The van der Waals surface area contributed by atoms with E-state index in [1.54, 1.807) is 12.1 Å². The van der Waals surface area contributed by atoms with Crippen molar-refractivity contribution in [1.82, 2.24) is 0 Å². The summed E-state index contributed by atoms with van der Waals surface area (Å²) in [5.74, 6) is 0.302. The van der Waals surface area contributed by atoms with E-state index in [0.29, 0.717) is 18.0 Å². The summed E-state index contributed by atoms with van der Waals surface area (Å²) in [5, 5.41) is 10.6. The van der Waals surface area contributed by atoms with Gasteiger partial charge < -0.3 is 15.6 Å². The molecule has 0 saturated heterocycles. The number of benzene rings is 1. The molecule has 1 saturated carbocycles. The molecule has 106 valence electrons. The minimum Gasteiger partial charge on any atom is -0.494 e. The van der Waals surface area contributed by atoms with E-state index in [-0.39, 0.29) is 11.2 Å². The topological polar surface area (TPSA) is 55.5 Å². The predicted octanol–water partition coefficient (Wildman–Crippen LogP) is 2.63. The lowest BCUT2D eigenvalue weighted by atomic mass is 9.77. The molecular formula is C15H22FNO2. The molecule has 19 heavy (non-hydrogen) atoms. The van der Waals surface area contributed by atoms with Crippen molar-refractivity contribution in [2.75, 3.05) is 13.7 Å². The molecule has 0 radical (unpaired) electrons. The fourth-order valence-electron chi connectivity index (χ4n) is 3.18. The Morgan fingerprint density at radius 3 is 2.79 bits per heavy atom. The van der Waals surface area contributed by atoms with Gasteiger partial charge in [-0.2, -0.15) is 0 Å². The van der Waals surface area contributed by atoms with Crippen LogP contribution >= 0.6 is 0 Å². The van der Waals surface area contributed by atoms with Crippen LogP contribution in [0.1, 0.15) is 37.9 Å². The summed E-state index contributed by atoms with van der Waals surface area (Å²) in [4.78, 5) is 0. The van der Waals surface area contributed by atoms with E-state index in [0.717, 1.165) is 19.3 Å². The molecule has 0 heterocycles. The standard InChI is InChI=1S/C15H22FNO2/c1-10-5-6-15(8-10,9-17)14(18)11-3-4-13(19-2)12(16)7-11/h3-4,7,10,14,18H,5-6,8-9,17H2,1-2H3. The maximum absolute atomic E-state index is 13.7. The number of hydrogen-bond acceptors (Lipinski definition) is 3. The molecule has 3 atom stereocenters. The average Bonchev–Trinajstić information content (AvgIpc) is 2.80.